The number of para-hydroxylation sites is 2. The summed E-state index contributed by atoms with van der Waals surface area (Å²) in [6.07, 6.45) is 5.45. The summed E-state index contributed by atoms with van der Waals surface area (Å²) in [5.74, 6) is 0.211. The Balaban J connectivity index is 2.01. The number of hydrogen-bond donors (Lipinski definition) is 2. The minimum absolute atomic E-state index is 0.370. The molecule has 40 heavy (non-hydrogen) atoms. The molecular formula is C35H48N2O3. The number of rotatable bonds is 6. The molecule has 0 bridgehead atoms. The molecule has 0 amide bonds. The van der Waals surface area contributed by atoms with E-state index in [0.29, 0.717) is 11.8 Å². The number of benzene rings is 2. The highest BCUT2D eigenvalue weighted by molar-refractivity contribution is 5.80. The van der Waals surface area contributed by atoms with Gasteiger partial charge in [0.1, 0.15) is 11.3 Å². The Kier molecular flexibility index (Phi) is 8.29. The molecule has 5 nitrogen and oxygen atoms in total. The molecule has 216 valence electrons. The summed E-state index contributed by atoms with van der Waals surface area (Å²) in [6.45, 7) is 17.2. The zero-order valence-corrected chi connectivity index (χ0v) is 25.8. The lowest BCUT2D eigenvalue weighted by Crippen LogP contribution is -2.43. The molecule has 0 aromatic heterocycles. The average molecular weight is 545 g/mol. The largest absolute Gasteiger partial charge is 0.496 e. The van der Waals surface area contributed by atoms with Crippen LogP contribution in [0.25, 0.3) is 0 Å². The average Bonchev–Trinajstić information content (AvgIpc) is 2.87. The van der Waals surface area contributed by atoms with Gasteiger partial charge in [-0.1, -0.05) is 84.9 Å². The van der Waals surface area contributed by atoms with Crippen LogP contribution in [-0.4, -0.2) is 43.2 Å². The zero-order chi connectivity index (χ0) is 29.5. The number of anilines is 1. The molecule has 2 aliphatic rings. The molecule has 4 rings (SSSR count). The van der Waals surface area contributed by atoms with Gasteiger partial charge in [-0.2, -0.15) is 0 Å². The SMILES string of the molecule is COc1ccccc1C1(Nc2ccccc2C2CCN(C)CC2C)C=C(C(C)(C)C)C(C(=O)O)C(C(C)(C)C)=C1. The van der Waals surface area contributed by atoms with Crippen LogP contribution in [0.4, 0.5) is 5.69 Å². The van der Waals surface area contributed by atoms with E-state index in [-0.39, 0.29) is 10.8 Å². The highest BCUT2D eigenvalue weighted by Crippen LogP contribution is 2.51. The fourth-order valence-corrected chi connectivity index (χ4v) is 6.69. The van der Waals surface area contributed by atoms with Gasteiger partial charge in [-0.05, 0) is 83.7 Å². The number of methoxy groups -OCH3 is 1. The van der Waals surface area contributed by atoms with E-state index in [4.69, 9.17) is 4.74 Å². The van der Waals surface area contributed by atoms with Crippen molar-refractivity contribution in [3.8, 4) is 5.75 Å². The van der Waals surface area contributed by atoms with Gasteiger partial charge in [0.05, 0.1) is 13.0 Å². The van der Waals surface area contributed by atoms with Gasteiger partial charge >= 0.3 is 5.97 Å². The fraction of sp³-hybridized carbons (Fsp3) is 0.514. The number of piperidine rings is 1. The third kappa shape index (κ3) is 5.85. The van der Waals surface area contributed by atoms with Gasteiger partial charge in [-0.15, -0.1) is 0 Å². The number of aliphatic carboxylic acids is 1. The van der Waals surface area contributed by atoms with Crippen LogP contribution >= 0.6 is 0 Å². The summed E-state index contributed by atoms with van der Waals surface area (Å²) < 4.78 is 5.93. The molecule has 2 N–H and O–H groups in total. The molecule has 2 unspecified atom stereocenters. The van der Waals surface area contributed by atoms with Gasteiger partial charge in [-0.25, -0.2) is 0 Å². The summed E-state index contributed by atoms with van der Waals surface area (Å²) in [6, 6.07) is 16.8. The Morgan fingerprint density at radius 3 is 2.10 bits per heavy atom. The molecule has 0 saturated carbocycles. The first-order chi connectivity index (χ1) is 18.7. The Morgan fingerprint density at radius 1 is 0.975 bits per heavy atom. The van der Waals surface area contributed by atoms with Crippen molar-refractivity contribution in [3.05, 3.63) is 83.0 Å². The number of nitrogens with zero attached hydrogens (tertiary/aromatic N) is 1. The first-order valence-electron chi connectivity index (χ1n) is 14.6. The van der Waals surface area contributed by atoms with E-state index < -0.39 is 17.4 Å². The lowest BCUT2D eigenvalue weighted by atomic mass is 9.63. The lowest BCUT2D eigenvalue weighted by molar-refractivity contribution is -0.140. The first kappa shape index (κ1) is 29.9. The van der Waals surface area contributed by atoms with E-state index in [1.165, 1.54) is 5.56 Å². The number of carboxylic acid groups (broad SMARTS) is 1. The van der Waals surface area contributed by atoms with Gasteiger partial charge in [-0.3, -0.25) is 4.79 Å². The molecule has 1 fully saturated rings. The van der Waals surface area contributed by atoms with Crippen LogP contribution in [0.3, 0.4) is 0 Å². The molecule has 1 aliphatic heterocycles. The highest BCUT2D eigenvalue weighted by Gasteiger charge is 2.46. The summed E-state index contributed by atoms with van der Waals surface area (Å²) in [5, 5.41) is 14.6. The Hall–Kier alpha value is -3.05. The van der Waals surface area contributed by atoms with E-state index >= 15 is 0 Å². The molecule has 0 spiro atoms. The molecular weight excluding hydrogens is 496 g/mol. The third-order valence-electron chi connectivity index (χ3n) is 8.73. The van der Waals surface area contributed by atoms with Crippen molar-refractivity contribution in [3.63, 3.8) is 0 Å². The number of nitrogens with one attached hydrogen (secondary N) is 1. The smallest absolute Gasteiger partial charge is 0.314 e. The van der Waals surface area contributed by atoms with Crippen molar-refractivity contribution in [1.82, 2.24) is 4.90 Å². The van der Waals surface area contributed by atoms with Crippen LogP contribution in [0.15, 0.2) is 71.8 Å². The van der Waals surface area contributed by atoms with Crippen LogP contribution in [0.1, 0.15) is 71.9 Å². The third-order valence-corrected chi connectivity index (χ3v) is 8.73. The van der Waals surface area contributed by atoms with Crippen molar-refractivity contribution >= 4 is 11.7 Å². The van der Waals surface area contributed by atoms with Gasteiger partial charge in [0, 0.05) is 17.8 Å². The number of ether oxygens (including phenoxy) is 1. The van der Waals surface area contributed by atoms with Gasteiger partial charge in [0.2, 0.25) is 0 Å². The normalized spacial score (nSPS) is 26.1. The summed E-state index contributed by atoms with van der Waals surface area (Å²) in [7, 11) is 3.90. The van der Waals surface area contributed by atoms with Gasteiger partial charge in [0.25, 0.3) is 0 Å². The summed E-state index contributed by atoms with van der Waals surface area (Å²) in [4.78, 5) is 15.3. The van der Waals surface area contributed by atoms with E-state index in [0.717, 1.165) is 47.7 Å². The van der Waals surface area contributed by atoms with Crippen LogP contribution in [0.5, 0.6) is 5.75 Å². The highest BCUT2D eigenvalue weighted by atomic mass is 16.5. The van der Waals surface area contributed by atoms with Crippen molar-refractivity contribution in [2.45, 2.75) is 66.3 Å². The minimum atomic E-state index is -0.811. The second kappa shape index (κ2) is 11.1. The number of carbonyl (C=O) groups is 1. The monoisotopic (exact) mass is 544 g/mol. The van der Waals surface area contributed by atoms with Crippen molar-refractivity contribution in [2.75, 3.05) is 32.6 Å². The lowest BCUT2D eigenvalue weighted by Gasteiger charge is -2.45. The fourth-order valence-electron chi connectivity index (χ4n) is 6.69. The Bertz CT molecular complexity index is 1260. The van der Waals surface area contributed by atoms with E-state index in [1.54, 1.807) is 7.11 Å². The maximum atomic E-state index is 12.9. The van der Waals surface area contributed by atoms with Crippen molar-refractivity contribution in [1.29, 1.82) is 0 Å². The van der Waals surface area contributed by atoms with Gasteiger partial charge < -0.3 is 20.1 Å². The molecule has 5 heteroatoms. The topological polar surface area (TPSA) is 61.8 Å². The first-order valence-corrected chi connectivity index (χ1v) is 14.6. The van der Waals surface area contributed by atoms with Crippen LogP contribution in [-0.2, 0) is 10.3 Å². The van der Waals surface area contributed by atoms with E-state index in [2.05, 4.69) is 108 Å². The summed E-state index contributed by atoms with van der Waals surface area (Å²) >= 11 is 0. The van der Waals surface area contributed by atoms with Crippen molar-refractivity contribution in [2.24, 2.45) is 22.7 Å². The molecule has 1 saturated heterocycles. The second-order valence-electron chi connectivity index (χ2n) is 13.9. The molecule has 2 aromatic carbocycles. The molecule has 1 aliphatic carbocycles. The number of carboxylic acids is 1. The quantitative estimate of drug-likeness (QED) is 0.365. The Labute approximate surface area is 241 Å². The summed E-state index contributed by atoms with van der Waals surface area (Å²) in [5.41, 5.74) is 3.61. The predicted octanol–water partition coefficient (Wildman–Crippen LogP) is 7.72. The second-order valence-corrected chi connectivity index (χ2v) is 13.9. The maximum Gasteiger partial charge on any atom is 0.314 e. The zero-order valence-electron chi connectivity index (χ0n) is 25.8. The molecule has 1 heterocycles. The number of likely N-dealkylation sites (tertiary alicyclic amines) is 1. The molecule has 2 aromatic rings. The van der Waals surface area contributed by atoms with Crippen LogP contribution in [0, 0.1) is 22.7 Å². The van der Waals surface area contributed by atoms with Crippen molar-refractivity contribution < 1.29 is 14.6 Å². The molecule has 0 radical (unpaired) electrons. The minimum Gasteiger partial charge on any atom is -0.496 e. The molecule has 2 atom stereocenters. The maximum absolute atomic E-state index is 12.9. The van der Waals surface area contributed by atoms with Crippen LogP contribution in [0.2, 0.25) is 0 Å². The number of hydrogen-bond acceptors (Lipinski definition) is 4. The standard InChI is InChI=1S/C35H48N2O3/c1-23-22-37(8)19-18-24(23)25-14-10-12-16-29(25)36-35(26-15-11-13-17-30(26)40-9)20-27(33(2,3)4)31(32(38)39)28(21-35)34(5,6)7/h10-17,20-21,23-24,31,36H,18-19,22H2,1-9H3,(H,38,39). The van der Waals surface area contributed by atoms with Gasteiger partial charge in [0.15, 0.2) is 0 Å². The van der Waals surface area contributed by atoms with E-state index in [1.807, 2.05) is 18.2 Å². The van der Waals surface area contributed by atoms with E-state index in [9.17, 15) is 9.90 Å². The predicted molar refractivity (Wildman–Crippen MR) is 165 cm³/mol. The Morgan fingerprint density at radius 2 is 1.55 bits per heavy atom. The van der Waals surface area contributed by atoms with Crippen LogP contribution < -0.4 is 10.1 Å².